The predicted octanol–water partition coefficient (Wildman–Crippen LogP) is 0.538. The van der Waals surface area contributed by atoms with Gasteiger partial charge in [0.05, 0.1) is 6.26 Å². The van der Waals surface area contributed by atoms with E-state index in [0.717, 1.165) is 4.90 Å². The molecule has 1 aliphatic rings. The van der Waals surface area contributed by atoms with E-state index in [0.29, 0.717) is 19.4 Å². The van der Waals surface area contributed by atoms with Crippen LogP contribution in [0.5, 0.6) is 0 Å². The number of carbonyl (C=O) groups excluding carboxylic acids is 2. The summed E-state index contributed by atoms with van der Waals surface area (Å²) in [6, 6.07) is 1.98. The lowest BCUT2D eigenvalue weighted by Gasteiger charge is -2.19. The molecule has 1 amide bonds. The fraction of sp³-hybridized carbons (Fsp3) is 0.364. The Kier molecular flexibility index (Phi) is 2.95. The van der Waals surface area contributed by atoms with Gasteiger partial charge in [-0.15, -0.1) is 0 Å². The third-order valence-electron chi connectivity index (χ3n) is 2.74. The molecule has 2 heterocycles. The van der Waals surface area contributed by atoms with E-state index in [1.54, 1.807) is 0 Å². The molecular formula is C11H11NO5. The highest BCUT2D eigenvalue weighted by molar-refractivity contribution is 6.42. The zero-order valence-electron chi connectivity index (χ0n) is 8.96. The van der Waals surface area contributed by atoms with Gasteiger partial charge in [-0.25, -0.2) is 4.79 Å². The van der Waals surface area contributed by atoms with Crippen LogP contribution in [0.2, 0.25) is 0 Å². The molecule has 0 saturated carbocycles. The summed E-state index contributed by atoms with van der Waals surface area (Å²) in [5, 5.41) is 8.92. The van der Waals surface area contributed by atoms with Gasteiger partial charge in [0.1, 0.15) is 6.04 Å². The van der Waals surface area contributed by atoms with E-state index in [-0.39, 0.29) is 5.76 Å². The number of hydrogen-bond donors (Lipinski definition) is 1. The summed E-state index contributed by atoms with van der Waals surface area (Å²) < 4.78 is 4.83. The van der Waals surface area contributed by atoms with E-state index < -0.39 is 23.7 Å². The fourth-order valence-electron chi connectivity index (χ4n) is 1.91. The summed E-state index contributed by atoms with van der Waals surface area (Å²) in [6.45, 7) is 0.294. The summed E-state index contributed by atoms with van der Waals surface area (Å²) in [6.07, 6.45) is 2.26. The minimum atomic E-state index is -1.08. The molecule has 0 radical (unpaired) electrons. The summed E-state index contributed by atoms with van der Waals surface area (Å²) in [7, 11) is 0. The van der Waals surface area contributed by atoms with Crippen molar-refractivity contribution in [3.05, 3.63) is 24.2 Å². The molecule has 2 rings (SSSR count). The Labute approximate surface area is 96.8 Å². The maximum Gasteiger partial charge on any atom is 0.326 e. The van der Waals surface area contributed by atoms with Crippen LogP contribution >= 0.6 is 0 Å². The van der Waals surface area contributed by atoms with Crippen LogP contribution in [-0.2, 0) is 9.59 Å². The zero-order valence-corrected chi connectivity index (χ0v) is 8.96. The van der Waals surface area contributed by atoms with Crippen molar-refractivity contribution >= 4 is 17.7 Å². The van der Waals surface area contributed by atoms with Gasteiger partial charge in [0.2, 0.25) is 0 Å². The van der Waals surface area contributed by atoms with E-state index in [9.17, 15) is 14.4 Å². The Balaban J connectivity index is 2.15. The molecule has 0 spiro atoms. The lowest BCUT2D eigenvalue weighted by Crippen LogP contribution is -2.43. The maximum absolute atomic E-state index is 11.8. The van der Waals surface area contributed by atoms with Gasteiger partial charge in [0.15, 0.2) is 5.76 Å². The number of carboxylic acids is 1. The number of aliphatic carboxylic acids is 1. The van der Waals surface area contributed by atoms with Crippen molar-refractivity contribution in [2.45, 2.75) is 18.9 Å². The lowest BCUT2D eigenvalue weighted by atomic mass is 10.2. The molecule has 0 aromatic carbocycles. The maximum atomic E-state index is 11.8. The van der Waals surface area contributed by atoms with Crippen LogP contribution in [0, 0.1) is 0 Å². The molecule has 6 heteroatoms. The second-order valence-corrected chi connectivity index (χ2v) is 3.80. The van der Waals surface area contributed by atoms with Crippen LogP contribution in [0.25, 0.3) is 0 Å². The van der Waals surface area contributed by atoms with Crippen molar-refractivity contribution < 1.29 is 23.9 Å². The van der Waals surface area contributed by atoms with Crippen molar-refractivity contribution in [1.29, 1.82) is 0 Å². The van der Waals surface area contributed by atoms with E-state index in [4.69, 9.17) is 9.52 Å². The summed E-state index contributed by atoms with van der Waals surface area (Å²) in [4.78, 5) is 35.5. The molecule has 1 fully saturated rings. The average molecular weight is 237 g/mol. The van der Waals surface area contributed by atoms with Crippen LogP contribution in [0.1, 0.15) is 23.4 Å². The molecule has 17 heavy (non-hydrogen) atoms. The monoisotopic (exact) mass is 237 g/mol. The van der Waals surface area contributed by atoms with Gasteiger partial charge < -0.3 is 14.4 Å². The van der Waals surface area contributed by atoms with Gasteiger partial charge >= 0.3 is 5.97 Å². The highest BCUT2D eigenvalue weighted by atomic mass is 16.4. The second kappa shape index (κ2) is 4.40. The normalized spacial score (nSPS) is 19.3. The Morgan fingerprint density at radius 2 is 2.18 bits per heavy atom. The van der Waals surface area contributed by atoms with E-state index in [1.165, 1.54) is 18.4 Å². The van der Waals surface area contributed by atoms with Crippen molar-refractivity contribution in [2.75, 3.05) is 6.54 Å². The minimum absolute atomic E-state index is 0.0639. The van der Waals surface area contributed by atoms with Gasteiger partial charge in [0, 0.05) is 6.54 Å². The lowest BCUT2D eigenvalue weighted by molar-refractivity contribution is -0.146. The van der Waals surface area contributed by atoms with Crippen molar-refractivity contribution in [3.63, 3.8) is 0 Å². The zero-order chi connectivity index (χ0) is 12.4. The van der Waals surface area contributed by atoms with Crippen LogP contribution in [-0.4, -0.2) is 40.3 Å². The van der Waals surface area contributed by atoms with Gasteiger partial charge in [-0.05, 0) is 25.0 Å². The van der Waals surface area contributed by atoms with Gasteiger partial charge in [-0.3, -0.25) is 9.59 Å². The highest BCUT2D eigenvalue weighted by Crippen LogP contribution is 2.19. The number of amides is 1. The van der Waals surface area contributed by atoms with Gasteiger partial charge in [-0.2, -0.15) is 0 Å². The molecule has 1 aromatic heterocycles. The third kappa shape index (κ3) is 2.06. The third-order valence-corrected chi connectivity index (χ3v) is 2.74. The number of ketones is 1. The van der Waals surface area contributed by atoms with E-state index in [1.807, 2.05) is 0 Å². The van der Waals surface area contributed by atoms with E-state index in [2.05, 4.69) is 0 Å². The highest BCUT2D eigenvalue weighted by Gasteiger charge is 2.37. The van der Waals surface area contributed by atoms with Crippen molar-refractivity contribution in [2.24, 2.45) is 0 Å². The quantitative estimate of drug-likeness (QED) is 0.612. The number of hydrogen-bond acceptors (Lipinski definition) is 4. The van der Waals surface area contributed by atoms with Gasteiger partial charge in [0.25, 0.3) is 11.7 Å². The number of furan rings is 1. The predicted molar refractivity (Wildman–Crippen MR) is 55.4 cm³/mol. The molecule has 1 atom stereocenters. The van der Waals surface area contributed by atoms with Gasteiger partial charge in [-0.1, -0.05) is 0 Å². The van der Waals surface area contributed by atoms with Crippen LogP contribution < -0.4 is 0 Å². The molecule has 90 valence electrons. The molecule has 0 bridgehead atoms. The molecule has 0 unspecified atom stereocenters. The molecule has 1 aliphatic heterocycles. The van der Waals surface area contributed by atoms with E-state index >= 15 is 0 Å². The molecule has 0 aliphatic carbocycles. The first-order chi connectivity index (χ1) is 8.11. The molecule has 1 aromatic rings. The molecule has 1 saturated heterocycles. The summed E-state index contributed by atoms with van der Waals surface area (Å²) in [5.74, 6) is -2.76. The first-order valence-electron chi connectivity index (χ1n) is 5.23. The van der Waals surface area contributed by atoms with Crippen LogP contribution in [0.3, 0.4) is 0 Å². The SMILES string of the molecule is O=C(C(=O)N1CCC[C@H]1C(=O)O)c1ccco1. The first-order valence-corrected chi connectivity index (χ1v) is 5.23. The number of Topliss-reactive ketones (excluding diaryl/α,β-unsaturated/α-hetero) is 1. The number of nitrogens with zero attached hydrogens (tertiary/aromatic N) is 1. The Morgan fingerprint density at radius 1 is 1.41 bits per heavy atom. The smallest absolute Gasteiger partial charge is 0.326 e. The topological polar surface area (TPSA) is 87.8 Å². The fourth-order valence-corrected chi connectivity index (χ4v) is 1.91. The molecule has 6 nitrogen and oxygen atoms in total. The van der Waals surface area contributed by atoms with Crippen LogP contribution in [0.15, 0.2) is 22.8 Å². The summed E-state index contributed by atoms with van der Waals surface area (Å²) in [5.41, 5.74) is 0. The number of carbonyl (C=O) groups is 3. The number of likely N-dealkylation sites (tertiary alicyclic amines) is 1. The van der Waals surface area contributed by atoms with Crippen LogP contribution in [0.4, 0.5) is 0 Å². The summed E-state index contributed by atoms with van der Waals surface area (Å²) >= 11 is 0. The largest absolute Gasteiger partial charge is 0.480 e. The first kappa shape index (κ1) is 11.4. The average Bonchev–Trinajstić information content (AvgIpc) is 2.97. The molecule has 1 N–H and O–H groups in total. The number of rotatable bonds is 3. The van der Waals surface area contributed by atoms with Crippen molar-refractivity contribution in [1.82, 2.24) is 4.90 Å². The standard InChI is InChI=1S/C11H11NO5/c13-9(8-4-2-6-17-8)10(14)12-5-1-3-7(12)11(15)16/h2,4,6-7H,1,3,5H2,(H,15,16)/t7-/m0/s1. The Bertz CT molecular complexity index is 450. The Hall–Kier alpha value is -2.11. The Morgan fingerprint density at radius 3 is 2.76 bits per heavy atom. The second-order valence-electron chi connectivity index (χ2n) is 3.80. The molecular weight excluding hydrogens is 226 g/mol. The number of carboxylic acid groups (broad SMARTS) is 1. The van der Waals surface area contributed by atoms with Crippen molar-refractivity contribution in [3.8, 4) is 0 Å². The minimum Gasteiger partial charge on any atom is -0.480 e.